The Morgan fingerprint density at radius 1 is 1.19 bits per heavy atom. The van der Waals surface area contributed by atoms with Crippen LogP contribution in [0.2, 0.25) is 0 Å². The fraction of sp³-hybridized carbons (Fsp3) is 0.941. The Hall–Kier alpha value is -0.610. The van der Waals surface area contributed by atoms with E-state index in [4.69, 9.17) is 0 Å². The van der Waals surface area contributed by atoms with Crippen molar-refractivity contribution in [3.63, 3.8) is 0 Å². The molecule has 1 amide bonds. The van der Waals surface area contributed by atoms with Crippen LogP contribution in [0.5, 0.6) is 0 Å². The maximum absolute atomic E-state index is 12.1. The highest BCUT2D eigenvalue weighted by Gasteiger charge is 2.21. The molecule has 2 aliphatic heterocycles. The fourth-order valence-corrected chi connectivity index (χ4v) is 3.58. The minimum atomic E-state index is 0.274. The summed E-state index contributed by atoms with van der Waals surface area (Å²) >= 11 is 0. The Kier molecular flexibility index (Phi) is 6.97. The zero-order valence-corrected chi connectivity index (χ0v) is 13.9. The largest absolute Gasteiger partial charge is 0.353 e. The van der Waals surface area contributed by atoms with Gasteiger partial charge in [-0.3, -0.25) is 4.79 Å². The number of carbonyl (C=O) groups is 1. The van der Waals surface area contributed by atoms with Crippen molar-refractivity contribution < 1.29 is 4.79 Å². The van der Waals surface area contributed by atoms with Crippen molar-refractivity contribution >= 4 is 5.91 Å². The van der Waals surface area contributed by atoms with Crippen molar-refractivity contribution in [1.82, 2.24) is 15.5 Å². The van der Waals surface area contributed by atoms with Crippen LogP contribution in [0.15, 0.2) is 0 Å². The lowest BCUT2D eigenvalue weighted by Crippen LogP contribution is -2.45. The number of nitrogens with one attached hydrogen (secondary N) is 2. The number of hydrogen-bond acceptors (Lipinski definition) is 3. The molecular formula is C17H33N3O. The zero-order valence-electron chi connectivity index (χ0n) is 13.9. The van der Waals surface area contributed by atoms with Crippen molar-refractivity contribution in [3.8, 4) is 0 Å². The molecule has 0 unspecified atom stereocenters. The normalized spacial score (nSPS) is 22.6. The number of piperidine rings is 2. The zero-order chi connectivity index (χ0) is 15.1. The molecule has 0 atom stereocenters. The van der Waals surface area contributed by atoms with Crippen LogP contribution in [0.3, 0.4) is 0 Å². The van der Waals surface area contributed by atoms with Gasteiger partial charge in [-0.1, -0.05) is 13.8 Å². The van der Waals surface area contributed by atoms with Crippen LogP contribution in [0.25, 0.3) is 0 Å². The summed E-state index contributed by atoms with van der Waals surface area (Å²) in [6.07, 6.45) is 6.50. The van der Waals surface area contributed by atoms with E-state index in [0.29, 0.717) is 6.04 Å². The molecule has 2 fully saturated rings. The molecule has 0 aliphatic carbocycles. The molecule has 0 saturated carbocycles. The van der Waals surface area contributed by atoms with Gasteiger partial charge in [0.1, 0.15) is 0 Å². The first-order valence-corrected chi connectivity index (χ1v) is 8.86. The molecule has 0 radical (unpaired) electrons. The quantitative estimate of drug-likeness (QED) is 0.788. The van der Waals surface area contributed by atoms with Gasteiger partial charge < -0.3 is 15.5 Å². The highest BCUT2D eigenvalue weighted by atomic mass is 16.1. The van der Waals surface area contributed by atoms with Gasteiger partial charge in [-0.15, -0.1) is 0 Å². The highest BCUT2D eigenvalue weighted by molar-refractivity contribution is 5.76. The lowest BCUT2D eigenvalue weighted by molar-refractivity contribution is -0.122. The van der Waals surface area contributed by atoms with E-state index in [1.807, 2.05) is 0 Å². The summed E-state index contributed by atoms with van der Waals surface area (Å²) in [6.45, 7) is 10.3. The third-order valence-corrected chi connectivity index (χ3v) is 4.81. The highest BCUT2D eigenvalue weighted by Crippen LogP contribution is 2.18. The summed E-state index contributed by atoms with van der Waals surface area (Å²) in [5.41, 5.74) is 0. The van der Waals surface area contributed by atoms with Gasteiger partial charge in [0.15, 0.2) is 0 Å². The topological polar surface area (TPSA) is 44.4 Å². The van der Waals surface area contributed by atoms with Crippen molar-refractivity contribution in [2.24, 2.45) is 11.8 Å². The second-order valence-electron chi connectivity index (χ2n) is 7.27. The third kappa shape index (κ3) is 6.35. The molecule has 2 aliphatic rings. The molecule has 0 spiro atoms. The molecule has 2 heterocycles. The summed E-state index contributed by atoms with van der Waals surface area (Å²) in [6, 6.07) is 0.411. The first-order valence-electron chi connectivity index (χ1n) is 8.86. The first kappa shape index (κ1) is 16.8. The van der Waals surface area contributed by atoms with Gasteiger partial charge >= 0.3 is 0 Å². The minimum Gasteiger partial charge on any atom is -0.353 e. The molecular weight excluding hydrogens is 262 g/mol. The van der Waals surface area contributed by atoms with Crippen LogP contribution >= 0.6 is 0 Å². The summed E-state index contributed by atoms with van der Waals surface area (Å²) in [5.74, 6) is 1.77. The maximum Gasteiger partial charge on any atom is 0.220 e. The smallest absolute Gasteiger partial charge is 0.220 e. The Bertz CT molecular complexity index is 305. The second kappa shape index (κ2) is 8.74. The van der Waals surface area contributed by atoms with Crippen LogP contribution in [0.1, 0.15) is 52.4 Å². The standard InChI is InChI=1S/C17H33N3O/c1-14(2)13-20-11-7-16(8-12-20)19-17(21)4-3-15-5-9-18-10-6-15/h14-16,18H,3-13H2,1-2H3,(H,19,21). The molecule has 0 aromatic carbocycles. The predicted molar refractivity (Wildman–Crippen MR) is 87.3 cm³/mol. The second-order valence-corrected chi connectivity index (χ2v) is 7.27. The van der Waals surface area contributed by atoms with Gasteiger partial charge in [0, 0.05) is 32.1 Å². The molecule has 122 valence electrons. The van der Waals surface area contributed by atoms with Crippen molar-refractivity contribution in [2.75, 3.05) is 32.7 Å². The van der Waals surface area contributed by atoms with E-state index in [-0.39, 0.29) is 5.91 Å². The third-order valence-electron chi connectivity index (χ3n) is 4.81. The van der Waals surface area contributed by atoms with Crippen LogP contribution in [-0.2, 0) is 4.79 Å². The number of hydrogen-bond donors (Lipinski definition) is 2. The predicted octanol–water partition coefficient (Wildman–Crippen LogP) is 2.00. The lowest BCUT2D eigenvalue weighted by Gasteiger charge is -2.33. The van der Waals surface area contributed by atoms with E-state index in [0.717, 1.165) is 63.7 Å². The summed E-state index contributed by atoms with van der Waals surface area (Å²) < 4.78 is 0. The van der Waals surface area contributed by atoms with E-state index in [9.17, 15) is 4.79 Å². The Morgan fingerprint density at radius 2 is 1.86 bits per heavy atom. The van der Waals surface area contributed by atoms with Gasteiger partial charge in [0.2, 0.25) is 5.91 Å². The van der Waals surface area contributed by atoms with Gasteiger partial charge in [-0.2, -0.15) is 0 Å². The van der Waals surface area contributed by atoms with Gasteiger partial charge in [-0.05, 0) is 57.0 Å². The molecule has 2 rings (SSSR count). The number of carbonyl (C=O) groups excluding carboxylic acids is 1. The molecule has 21 heavy (non-hydrogen) atoms. The van der Waals surface area contributed by atoms with Gasteiger partial charge in [0.05, 0.1) is 0 Å². The number of rotatable bonds is 6. The average Bonchev–Trinajstić information content (AvgIpc) is 2.48. The van der Waals surface area contributed by atoms with Gasteiger partial charge in [0.25, 0.3) is 0 Å². The molecule has 2 N–H and O–H groups in total. The summed E-state index contributed by atoms with van der Waals surface area (Å²) in [4.78, 5) is 14.6. The minimum absolute atomic E-state index is 0.274. The van der Waals surface area contributed by atoms with Crippen molar-refractivity contribution in [1.29, 1.82) is 0 Å². The van der Waals surface area contributed by atoms with Crippen LogP contribution in [0.4, 0.5) is 0 Å². The van der Waals surface area contributed by atoms with Gasteiger partial charge in [-0.25, -0.2) is 0 Å². The van der Waals surface area contributed by atoms with E-state index in [1.165, 1.54) is 19.4 Å². The summed E-state index contributed by atoms with van der Waals surface area (Å²) in [5, 5.41) is 6.63. The lowest BCUT2D eigenvalue weighted by atomic mass is 9.93. The van der Waals surface area contributed by atoms with Crippen LogP contribution in [-0.4, -0.2) is 49.6 Å². The fourth-order valence-electron chi connectivity index (χ4n) is 3.58. The molecule has 2 saturated heterocycles. The Labute approximate surface area is 130 Å². The number of likely N-dealkylation sites (tertiary alicyclic amines) is 1. The van der Waals surface area contributed by atoms with Crippen molar-refractivity contribution in [2.45, 2.75) is 58.4 Å². The monoisotopic (exact) mass is 295 g/mol. The van der Waals surface area contributed by atoms with E-state index in [1.54, 1.807) is 0 Å². The van der Waals surface area contributed by atoms with E-state index < -0.39 is 0 Å². The van der Waals surface area contributed by atoms with E-state index >= 15 is 0 Å². The maximum atomic E-state index is 12.1. The average molecular weight is 295 g/mol. The molecule has 0 aromatic rings. The Morgan fingerprint density at radius 3 is 2.48 bits per heavy atom. The Balaban J connectivity index is 1.58. The molecule has 4 heteroatoms. The molecule has 4 nitrogen and oxygen atoms in total. The molecule has 0 bridgehead atoms. The SMILES string of the molecule is CC(C)CN1CCC(NC(=O)CCC2CCNCC2)CC1. The van der Waals surface area contributed by atoms with E-state index in [2.05, 4.69) is 29.4 Å². The van der Waals surface area contributed by atoms with Crippen LogP contribution in [0, 0.1) is 11.8 Å². The number of amides is 1. The first-order chi connectivity index (χ1) is 10.1. The molecule has 0 aromatic heterocycles. The summed E-state index contributed by atoms with van der Waals surface area (Å²) in [7, 11) is 0. The van der Waals surface area contributed by atoms with Crippen molar-refractivity contribution in [3.05, 3.63) is 0 Å². The number of nitrogens with zero attached hydrogens (tertiary/aromatic N) is 1. The van der Waals surface area contributed by atoms with Crippen LogP contribution < -0.4 is 10.6 Å².